The molecule has 0 spiro atoms. The molecule has 1 atom stereocenters. The number of hydrogen-bond donors (Lipinski definition) is 2. The number of nitrogens with two attached hydrogens (primary N) is 1. The molecular weight excluding hydrogens is 194 g/mol. The van der Waals surface area contributed by atoms with Gasteiger partial charge in [-0.05, 0) is 19.1 Å². The molecule has 0 aromatic carbocycles. The quantitative estimate of drug-likeness (QED) is 0.741. The summed E-state index contributed by atoms with van der Waals surface area (Å²) in [4.78, 5) is 15.6. The summed E-state index contributed by atoms with van der Waals surface area (Å²) in [6.07, 6.45) is 1.57. The van der Waals surface area contributed by atoms with Gasteiger partial charge in [-0.15, -0.1) is 0 Å². The average Bonchev–Trinajstić information content (AvgIpc) is 2.25. The van der Waals surface area contributed by atoms with Crippen molar-refractivity contribution in [3.8, 4) is 5.88 Å². The lowest BCUT2D eigenvalue weighted by Gasteiger charge is -2.09. The van der Waals surface area contributed by atoms with Gasteiger partial charge in [-0.3, -0.25) is 4.79 Å². The molecule has 0 bridgehead atoms. The monoisotopic (exact) mass is 209 g/mol. The standard InChI is InChI=1S/C10H15N3O2/c1-7(11)6-13-9(14)8-4-3-5-12-10(8)15-2/h3-5,7H,6,11H2,1-2H3,(H,13,14)/t7-/m0/s1. The Kier molecular flexibility index (Phi) is 4.05. The smallest absolute Gasteiger partial charge is 0.256 e. The van der Waals surface area contributed by atoms with Gasteiger partial charge >= 0.3 is 0 Å². The van der Waals surface area contributed by atoms with Crippen molar-refractivity contribution < 1.29 is 9.53 Å². The minimum Gasteiger partial charge on any atom is -0.480 e. The van der Waals surface area contributed by atoms with Crippen LogP contribution in [-0.4, -0.2) is 30.6 Å². The second-order valence-electron chi connectivity index (χ2n) is 3.25. The van der Waals surface area contributed by atoms with Crippen LogP contribution in [0.4, 0.5) is 0 Å². The molecule has 5 nitrogen and oxygen atoms in total. The summed E-state index contributed by atoms with van der Waals surface area (Å²) in [7, 11) is 1.48. The summed E-state index contributed by atoms with van der Waals surface area (Å²) in [5, 5.41) is 2.69. The SMILES string of the molecule is COc1ncccc1C(=O)NC[C@H](C)N. The number of methoxy groups -OCH3 is 1. The minimum atomic E-state index is -0.225. The highest BCUT2D eigenvalue weighted by molar-refractivity contribution is 5.96. The second-order valence-corrected chi connectivity index (χ2v) is 3.25. The van der Waals surface area contributed by atoms with Crippen LogP contribution < -0.4 is 15.8 Å². The zero-order valence-corrected chi connectivity index (χ0v) is 8.86. The van der Waals surface area contributed by atoms with Crippen molar-refractivity contribution in [1.82, 2.24) is 10.3 Å². The Hall–Kier alpha value is -1.62. The van der Waals surface area contributed by atoms with E-state index in [1.165, 1.54) is 7.11 Å². The molecule has 3 N–H and O–H groups in total. The van der Waals surface area contributed by atoms with Gasteiger partial charge in [-0.1, -0.05) is 0 Å². The van der Waals surface area contributed by atoms with Crippen LogP contribution in [-0.2, 0) is 0 Å². The van der Waals surface area contributed by atoms with Crippen LogP contribution in [0, 0.1) is 0 Å². The summed E-state index contributed by atoms with van der Waals surface area (Å²) in [6.45, 7) is 2.25. The number of amides is 1. The first-order valence-corrected chi connectivity index (χ1v) is 4.68. The van der Waals surface area contributed by atoms with Gasteiger partial charge in [-0.25, -0.2) is 4.98 Å². The summed E-state index contributed by atoms with van der Waals surface area (Å²) in [5.41, 5.74) is 5.95. The van der Waals surface area contributed by atoms with Crippen LogP contribution in [0.5, 0.6) is 5.88 Å². The van der Waals surface area contributed by atoms with E-state index >= 15 is 0 Å². The maximum atomic E-state index is 11.6. The van der Waals surface area contributed by atoms with E-state index in [4.69, 9.17) is 10.5 Å². The predicted octanol–water partition coefficient (Wildman–Crippen LogP) is 0.167. The lowest BCUT2D eigenvalue weighted by Crippen LogP contribution is -2.35. The molecule has 1 aromatic rings. The van der Waals surface area contributed by atoms with E-state index < -0.39 is 0 Å². The Morgan fingerprint density at radius 3 is 3.07 bits per heavy atom. The van der Waals surface area contributed by atoms with Crippen molar-refractivity contribution in [2.45, 2.75) is 13.0 Å². The fraction of sp³-hybridized carbons (Fsp3) is 0.400. The van der Waals surface area contributed by atoms with Crippen molar-refractivity contribution in [2.75, 3.05) is 13.7 Å². The molecule has 0 unspecified atom stereocenters. The average molecular weight is 209 g/mol. The molecule has 0 aliphatic carbocycles. The third-order valence-electron chi connectivity index (χ3n) is 1.79. The molecular formula is C10H15N3O2. The largest absolute Gasteiger partial charge is 0.480 e. The molecule has 0 aliphatic heterocycles. The van der Waals surface area contributed by atoms with Crippen LogP contribution in [0.15, 0.2) is 18.3 Å². The topological polar surface area (TPSA) is 77.2 Å². The minimum absolute atomic E-state index is 0.0726. The lowest BCUT2D eigenvalue weighted by atomic mass is 10.2. The Balaban J connectivity index is 2.72. The number of nitrogens with one attached hydrogen (secondary N) is 1. The van der Waals surface area contributed by atoms with Crippen LogP contribution in [0.1, 0.15) is 17.3 Å². The Labute approximate surface area is 88.6 Å². The number of pyridine rings is 1. The number of carbonyl (C=O) groups is 1. The fourth-order valence-corrected chi connectivity index (χ4v) is 1.08. The predicted molar refractivity (Wildman–Crippen MR) is 56.8 cm³/mol. The molecule has 1 aromatic heterocycles. The Morgan fingerprint density at radius 2 is 2.47 bits per heavy atom. The first kappa shape index (κ1) is 11.5. The van der Waals surface area contributed by atoms with E-state index in [0.29, 0.717) is 18.0 Å². The summed E-state index contributed by atoms with van der Waals surface area (Å²) in [6, 6.07) is 3.27. The molecule has 82 valence electrons. The van der Waals surface area contributed by atoms with Gasteiger partial charge in [-0.2, -0.15) is 0 Å². The van der Waals surface area contributed by atoms with E-state index in [1.54, 1.807) is 18.3 Å². The van der Waals surface area contributed by atoms with E-state index in [-0.39, 0.29) is 11.9 Å². The molecule has 1 amide bonds. The van der Waals surface area contributed by atoms with E-state index in [1.807, 2.05) is 6.92 Å². The Bertz CT molecular complexity index is 339. The van der Waals surface area contributed by atoms with E-state index in [9.17, 15) is 4.79 Å². The number of rotatable bonds is 4. The normalized spacial score (nSPS) is 11.9. The van der Waals surface area contributed by atoms with Crippen molar-refractivity contribution in [3.63, 3.8) is 0 Å². The summed E-state index contributed by atoms with van der Waals surface area (Å²) in [5.74, 6) is 0.0944. The van der Waals surface area contributed by atoms with Gasteiger partial charge in [0, 0.05) is 18.8 Å². The lowest BCUT2D eigenvalue weighted by molar-refractivity contribution is 0.0948. The van der Waals surface area contributed by atoms with Crippen LogP contribution in [0.25, 0.3) is 0 Å². The molecule has 15 heavy (non-hydrogen) atoms. The van der Waals surface area contributed by atoms with Crippen molar-refractivity contribution in [1.29, 1.82) is 0 Å². The van der Waals surface area contributed by atoms with Gasteiger partial charge in [0.05, 0.1) is 7.11 Å². The van der Waals surface area contributed by atoms with E-state index in [2.05, 4.69) is 10.3 Å². The number of carbonyl (C=O) groups excluding carboxylic acids is 1. The van der Waals surface area contributed by atoms with Crippen molar-refractivity contribution in [3.05, 3.63) is 23.9 Å². The number of aromatic nitrogens is 1. The van der Waals surface area contributed by atoms with E-state index in [0.717, 1.165) is 0 Å². The maximum Gasteiger partial charge on any atom is 0.256 e. The molecule has 1 heterocycles. The molecule has 0 saturated heterocycles. The first-order valence-electron chi connectivity index (χ1n) is 4.68. The summed E-state index contributed by atoms with van der Waals surface area (Å²) >= 11 is 0. The van der Waals surface area contributed by atoms with Gasteiger partial charge < -0.3 is 15.8 Å². The van der Waals surface area contributed by atoms with Crippen molar-refractivity contribution >= 4 is 5.91 Å². The first-order chi connectivity index (χ1) is 7.15. The highest BCUT2D eigenvalue weighted by Gasteiger charge is 2.12. The molecule has 1 rings (SSSR count). The van der Waals surface area contributed by atoms with Gasteiger partial charge in [0.25, 0.3) is 5.91 Å². The molecule has 0 saturated carbocycles. The molecule has 0 aliphatic rings. The number of nitrogens with zero attached hydrogens (tertiary/aromatic N) is 1. The van der Waals surface area contributed by atoms with Crippen molar-refractivity contribution in [2.24, 2.45) is 5.73 Å². The Morgan fingerprint density at radius 1 is 1.73 bits per heavy atom. The third-order valence-corrected chi connectivity index (χ3v) is 1.79. The van der Waals surface area contributed by atoms with Crippen LogP contribution >= 0.6 is 0 Å². The van der Waals surface area contributed by atoms with Gasteiger partial charge in [0.1, 0.15) is 5.56 Å². The van der Waals surface area contributed by atoms with Crippen LogP contribution in [0.3, 0.4) is 0 Å². The van der Waals surface area contributed by atoms with Gasteiger partial charge in [0.2, 0.25) is 5.88 Å². The number of ether oxygens (including phenoxy) is 1. The molecule has 0 fully saturated rings. The zero-order chi connectivity index (χ0) is 11.3. The summed E-state index contributed by atoms with van der Waals surface area (Å²) < 4.78 is 4.97. The highest BCUT2D eigenvalue weighted by atomic mass is 16.5. The molecule has 5 heteroatoms. The fourth-order valence-electron chi connectivity index (χ4n) is 1.08. The second kappa shape index (κ2) is 5.31. The third kappa shape index (κ3) is 3.21. The maximum absolute atomic E-state index is 11.6. The van der Waals surface area contributed by atoms with Crippen LogP contribution in [0.2, 0.25) is 0 Å². The zero-order valence-electron chi connectivity index (χ0n) is 8.86. The molecule has 0 radical (unpaired) electrons. The van der Waals surface area contributed by atoms with Gasteiger partial charge in [0.15, 0.2) is 0 Å². The highest BCUT2D eigenvalue weighted by Crippen LogP contribution is 2.12. The number of hydrogen-bond acceptors (Lipinski definition) is 4.